The van der Waals surface area contributed by atoms with E-state index < -0.39 is 0 Å². The first-order valence-corrected chi connectivity index (χ1v) is 5.16. The quantitative estimate of drug-likeness (QED) is 0.830. The van der Waals surface area contributed by atoms with Crippen LogP contribution in [0.25, 0.3) is 0 Å². The number of nitrogens with zero attached hydrogens (tertiary/aromatic N) is 3. The predicted octanol–water partition coefficient (Wildman–Crippen LogP) is 2.15. The van der Waals surface area contributed by atoms with Crippen molar-refractivity contribution in [3.05, 3.63) is 47.7 Å². The summed E-state index contributed by atoms with van der Waals surface area (Å²) >= 11 is 0. The van der Waals surface area contributed by atoms with Gasteiger partial charge in [0.05, 0.1) is 22.9 Å². The number of hydrogen-bond acceptors (Lipinski definition) is 5. The van der Waals surface area contributed by atoms with Gasteiger partial charge in [0.2, 0.25) is 0 Å². The van der Waals surface area contributed by atoms with Gasteiger partial charge in [-0.05, 0) is 30.3 Å². The molecule has 0 amide bonds. The molecule has 0 bridgehead atoms. The number of nitriles is 2. The van der Waals surface area contributed by atoms with Gasteiger partial charge >= 0.3 is 0 Å². The molecule has 2 aromatic rings. The molecule has 0 fully saturated rings. The third kappa shape index (κ3) is 2.21. The maximum Gasteiger partial charge on any atom is 0.154 e. The first kappa shape index (κ1) is 11.4. The third-order valence-corrected chi connectivity index (χ3v) is 2.39. The van der Waals surface area contributed by atoms with Gasteiger partial charge in [0, 0.05) is 11.9 Å². The molecule has 0 unspecified atom stereocenters. The Morgan fingerprint density at radius 1 is 1.06 bits per heavy atom. The average molecular weight is 235 g/mol. The van der Waals surface area contributed by atoms with Crippen LogP contribution in [0.15, 0.2) is 36.5 Å². The van der Waals surface area contributed by atoms with E-state index >= 15 is 0 Å². The van der Waals surface area contributed by atoms with Crippen LogP contribution in [0.5, 0.6) is 0 Å². The summed E-state index contributed by atoms with van der Waals surface area (Å²) in [4.78, 5) is 4.07. The number of anilines is 3. The standard InChI is InChI=1S/C13H9N5/c14-7-9-1-3-11(4-2-9)18-13-12(16)10(8-15)5-6-17-13/h1-6H,16H2,(H,17,18). The van der Waals surface area contributed by atoms with E-state index in [1.54, 1.807) is 30.3 Å². The summed E-state index contributed by atoms with van der Waals surface area (Å²) in [6.07, 6.45) is 1.51. The van der Waals surface area contributed by atoms with Gasteiger partial charge < -0.3 is 11.1 Å². The zero-order valence-electron chi connectivity index (χ0n) is 9.38. The molecule has 1 aromatic heterocycles. The van der Waals surface area contributed by atoms with Crippen molar-refractivity contribution < 1.29 is 0 Å². The van der Waals surface area contributed by atoms with Gasteiger partial charge in [-0.3, -0.25) is 0 Å². The summed E-state index contributed by atoms with van der Waals surface area (Å²) < 4.78 is 0. The number of pyridine rings is 1. The molecule has 0 spiro atoms. The summed E-state index contributed by atoms with van der Waals surface area (Å²) in [6.45, 7) is 0. The van der Waals surface area contributed by atoms with E-state index in [2.05, 4.69) is 10.3 Å². The first-order valence-electron chi connectivity index (χ1n) is 5.16. The van der Waals surface area contributed by atoms with Gasteiger partial charge in [0.25, 0.3) is 0 Å². The molecule has 0 saturated carbocycles. The molecule has 18 heavy (non-hydrogen) atoms. The lowest BCUT2D eigenvalue weighted by atomic mass is 10.2. The van der Waals surface area contributed by atoms with Crippen LogP contribution in [0.4, 0.5) is 17.2 Å². The van der Waals surface area contributed by atoms with Crippen LogP contribution in [0.2, 0.25) is 0 Å². The van der Waals surface area contributed by atoms with E-state index in [9.17, 15) is 0 Å². The van der Waals surface area contributed by atoms with E-state index in [4.69, 9.17) is 16.3 Å². The van der Waals surface area contributed by atoms with E-state index in [-0.39, 0.29) is 0 Å². The highest BCUT2D eigenvalue weighted by molar-refractivity contribution is 5.73. The minimum absolute atomic E-state index is 0.310. The Morgan fingerprint density at radius 3 is 2.39 bits per heavy atom. The molecule has 0 radical (unpaired) electrons. The minimum Gasteiger partial charge on any atom is -0.395 e. The Labute approximate surface area is 104 Å². The largest absolute Gasteiger partial charge is 0.395 e. The second-order valence-corrected chi connectivity index (χ2v) is 3.55. The Morgan fingerprint density at radius 2 is 1.78 bits per heavy atom. The van der Waals surface area contributed by atoms with E-state index in [1.165, 1.54) is 6.20 Å². The smallest absolute Gasteiger partial charge is 0.154 e. The highest BCUT2D eigenvalue weighted by Crippen LogP contribution is 2.23. The molecule has 0 saturated heterocycles. The molecule has 5 nitrogen and oxygen atoms in total. The Balaban J connectivity index is 2.29. The Bertz CT molecular complexity index is 647. The number of benzene rings is 1. The molecule has 3 N–H and O–H groups in total. The molecule has 0 aliphatic rings. The number of rotatable bonds is 2. The summed E-state index contributed by atoms with van der Waals surface area (Å²) in [5.41, 5.74) is 7.81. The van der Waals surface area contributed by atoms with Crippen LogP contribution in [0.3, 0.4) is 0 Å². The van der Waals surface area contributed by atoms with Gasteiger partial charge in [-0.25, -0.2) is 4.98 Å². The van der Waals surface area contributed by atoms with E-state index in [1.807, 2.05) is 12.1 Å². The zero-order chi connectivity index (χ0) is 13.0. The maximum absolute atomic E-state index is 8.86. The van der Waals surface area contributed by atoms with Crippen molar-refractivity contribution in [2.24, 2.45) is 0 Å². The molecule has 86 valence electrons. The number of hydrogen-bond donors (Lipinski definition) is 2. The Hall–Kier alpha value is -3.05. The Kier molecular flexibility index (Phi) is 3.08. The van der Waals surface area contributed by atoms with E-state index in [0.29, 0.717) is 22.6 Å². The number of nitrogens with one attached hydrogen (secondary N) is 1. The topological polar surface area (TPSA) is 98.5 Å². The van der Waals surface area contributed by atoms with Crippen LogP contribution >= 0.6 is 0 Å². The minimum atomic E-state index is 0.310. The van der Waals surface area contributed by atoms with Crippen LogP contribution in [-0.2, 0) is 0 Å². The summed E-state index contributed by atoms with van der Waals surface area (Å²) in [5, 5.41) is 20.5. The average Bonchev–Trinajstić information content (AvgIpc) is 2.42. The predicted molar refractivity (Wildman–Crippen MR) is 67.8 cm³/mol. The van der Waals surface area contributed by atoms with Crippen molar-refractivity contribution in [1.29, 1.82) is 10.5 Å². The summed E-state index contributed by atoms with van der Waals surface area (Å²) in [6, 6.07) is 12.5. The fourth-order valence-electron chi connectivity index (χ4n) is 1.44. The van der Waals surface area contributed by atoms with Crippen molar-refractivity contribution in [3.8, 4) is 12.1 Å². The lowest BCUT2D eigenvalue weighted by Crippen LogP contribution is -2.01. The molecular weight excluding hydrogens is 226 g/mol. The van der Waals surface area contributed by atoms with E-state index in [0.717, 1.165) is 5.69 Å². The lowest BCUT2D eigenvalue weighted by Gasteiger charge is -2.08. The molecule has 5 heteroatoms. The second kappa shape index (κ2) is 4.86. The normalized spacial score (nSPS) is 9.22. The van der Waals surface area contributed by atoms with Crippen LogP contribution < -0.4 is 11.1 Å². The van der Waals surface area contributed by atoms with Crippen molar-refractivity contribution in [2.75, 3.05) is 11.1 Å². The zero-order valence-corrected chi connectivity index (χ0v) is 9.38. The van der Waals surface area contributed by atoms with Gasteiger partial charge in [0.1, 0.15) is 6.07 Å². The van der Waals surface area contributed by atoms with Crippen molar-refractivity contribution in [3.63, 3.8) is 0 Å². The fourth-order valence-corrected chi connectivity index (χ4v) is 1.44. The maximum atomic E-state index is 8.86. The van der Waals surface area contributed by atoms with Crippen molar-refractivity contribution >= 4 is 17.2 Å². The summed E-state index contributed by atoms with van der Waals surface area (Å²) in [7, 11) is 0. The number of aromatic nitrogens is 1. The SMILES string of the molecule is N#Cc1ccc(Nc2nccc(C#N)c2N)cc1. The molecule has 2 rings (SSSR count). The second-order valence-electron chi connectivity index (χ2n) is 3.55. The first-order chi connectivity index (χ1) is 8.74. The van der Waals surface area contributed by atoms with Crippen molar-refractivity contribution in [1.82, 2.24) is 4.98 Å². The van der Waals surface area contributed by atoms with Gasteiger partial charge in [-0.1, -0.05) is 0 Å². The monoisotopic (exact) mass is 235 g/mol. The van der Waals surface area contributed by atoms with Crippen LogP contribution in [0.1, 0.15) is 11.1 Å². The van der Waals surface area contributed by atoms with Gasteiger partial charge in [-0.15, -0.1) is 0 Å². The number of nitrogens with two attached hydrogens (primary N) is 1. The highest BCUT2D eigenvalue weighted by Gasteiger charge is 2.05. The van der Waals surface area contributed by atoms with Gasteiger partial charge in [0.15, 0.2) is 5.82 Å². The molecular formula is C13H9N5. The lowest BCUT2D eigenvalue weighted by molar-refractivity contribution is 1.30. The van der Waals surface area contributed by atoms with Crippen LogP contribution in [-0.4, -0.2) is 4.98 Å². The fraction of sp³-hybridized carbons (Fsp3) is 0. The van der Waals surface area contributed by atoms with Crippen molar-refractivity contribution in [2.45, 2.75) is 0 Å². The molecule has 1 aromatic carbocycles. The third-order valence-electron chi connectivity index (χ3n) is 2.39. The number of nitrogen functional groups attached to an aromatic ring is 1. The van der Waals surface area contributed by atoms with Crippen LogP contribution in [0, 0.1) is 22.7 Å². The molecule has 0 aliphatic heterocycles. The molecule has 0 atom stereocenters. The van der Waals surface area contributed by atoms with Gasteiger partial charge in [-0.2, -0.15) is 10.5 Å². The highest BCUT2D eigenvalue weighted by atomic mass is 15.0. The summed E-state index contributed by atoms with van der Waals surface area (Å²) in [5.74, 6) is 0.429. The molecule has 1 heterocycles. The molecule has 0 aliphatic carbocycles.